The Bertz CT molecular complexity index is 757. The summed E-state index contributed by atoms with van der Waals surface area (Å²) >= 11 is 1.33. The molecule has 0 unspecified atom stereocenters. The van der Waals surface area contributed by atoms with E-state index in [2.05, 4.69) is 27.3 Å². The molecule has 0 bridgehead atoms. The number of carbonyl (C=O) groups excluding carboxylic acids is 2. The van der Waals surface area contributed by atoms with E-state index >= 15 is 0 Å². The van der Waals surface area contributed by atoms with Crippen LogP contribution >= 0.6 is 11.3 Å². The van der Waals surface area contributed by atoms with Crippen molar-refractivity contribution < 1.29 is 19.2 Å². The molecule has 0 aliphatic carbocycles. The summed E-state index contributed by atoms with van der Waals surface area (Å²) in [5.74, 6) is -0.350. The number of nitrogens with one attached hydrogen (secondary N) is 2. The lowest BCUT2D eigenvalue weighted by molar-refractivity contribution is -0.892. The summed E-state index contributed by atoms with van der Waals surface area (Å²) in [5.41, 5.74) is 1.86. The van der Waals surface area contributed by atoms with Crippen LogP contribution in [-0.2, 0) is 20.7 Å². The predicted octanol–water partition coefficient (Wildman–Crippen LogP) is 0.592. The Balaban J connectivity index is 1.42. The van der Waals surface area contributed by atoms with Crippen LogP contribution in [0.1, 0.15) is 12.6 Å². The first kappa shape index (κ1) is 19.3. The number of carbonyl (C=O) groups is 2. The van der Waals surface area contributed by atoms with Gasteiger partial charge < -0.3 is 14.5 Å². The third-order valence-electron chi connectivity index (χ3n) is 4.43. The molecule has 144 valence electrons. The van der Waals surface area contributed by atoms with Gasteiger partial charge in [-0.3, -0.25) is 14.9 Å². The number of aromatic nitrogens is 1. The molecule has 1 aromatic heterocycles. The molecule has 1 aromatic carbocycles. The fourth-order valence-corrected chi connectivity index (χ4v) is 3.82. The maximum absolute atomic E-state index is 12.3. The fourth-order valence-electron chi connectivity index (χ4n) is 3.09. The van der Waals surface area contributed by atoms with Crippen LogP contribution in [0.3, 0.4) is 0 Å². The van der Waals surface area contributed by atoms with Crippen LogP contribution in [0.4, 0.5) is 10.8 Å². The van der Waals surface area contributed by atoms with Gasteiger partial charge in [0.15, 0.2) is 11.7 Å². The van der Waals surface area contributed by atoms with E-state index in [4.69, 9.17) is 4.74 Å². The molecule has 3 rings (SSSR count). The number of hydrogen-bond donors (Lipinski definition) is 2. The minimum absolute atomic E-state index is 0.0461. The van der Waals surface area contributed by atoms with Crippen molar-refractivity contribution in [1.82, 2.24) is 4.98 Å². The van der Waals surface area contributed by atoms with Gasteiger partial charge in [0.25, 0.3) is 5.91 Å². The summed E-state index contributed by atoms with van der Waals surface area (Å²) in [4.78, 5) is 31.7. The van der Waals surface area contributed by atoms with Crippen molar-refractivity contribution in [3.63, 3.8) is 0 Å². The van der Waals surface area contributed by atoms with Gasteiger partial charge in [0.2, 0.25) is 0 Å². The monoisotopic (exact) mass is 389 g/mol. The lowest BCUT2D eigenvalue weighted by Gasteiger charge is -2.33. The van der Waals surface area contributed by atoms with Gasteiger partial charge in [-0.2, -0.15) is 0 Å². The van der Waals surface area contributed by atoms with E-state index in [1.807, 2.05) is 18.2 Å². The summed E-state index contributed by atoms with van der Waals surface area (Å²) < 4.78 is 4.91. The number of rotatable bonds is 7. The molecule has 1 amide bonds. The zero-order valence-electron chi connectivity index (χ0n) is 15.4. The zero-order valence-corrected chi connectivity index (χ0v) is 16.3. The number of benzene rings is 1. The van der Waals surface area contributed by atoms with Gasteiger partial charge in [-0.05, 0) is 19.1 Å². The quantitative estimate of drug-likeness (QED) is 0.678. The van der Waals surface area contributed by atoms with Crippen molar-refractivity contribution in [2.45, 2.75) is 13.3 Å². The minimum Gasteiger partial charge on any atom is -0.466 e. The van der Waals surface area contributed by atoms with E-state index in [0.29, 0.717) is 24.0 Å². The van der Waals surface area contributed by atoms with Crippen molar-refractivity contribution in [2.75, 3.05) is 49.5 Å². The molecule has 0 atom stereocenters. The van der Waals surface area contributed by atoms with E-state index < -0.39 is 0 Å². The number of piperazine rings is 1. The smallest absolute Gasteiger partial charge is 0.311 e. The average Bonchev–Trinajstić information content (AvgIpc) is 3.09. The number of thiazole rings is 1. The Morgan fingerprint density at radius 1 is 1.26 bits per heavy atom. The summed E-state index contributed by atoms with van der Waals surface area (Å²) in [7, 11) is 0. The first-order valence-electron chi connectivity index (χ1n) is 9.17. The van der Waals surface area contributed by atoms with Gasteiger partial charge in [0.1, 0.15) is 0 Å². The molecule has 8 heteroatoms. The Hall–Kier alpha value is -2.45. The highest BCUT2D eigenvalue weighted by Crippen LogP contribution is 2.16. The van der Waals surface area contributed by atoms with Crippen LogP contribution in [0.25, 0.3) is 0 Å². The van der Waals surface area contributed by atoms with E-state index in [1.165, 1.54) is 21.9 Å². The molecule has 1 aliphatic heterocycles. The van der Waals surface area contributed by atoms with E-state index in [1.54, 1.807) is 12.3 Å². The van der Waals surface area contributed by atoms with Gasteiger partial charge in [-0.25, -0.2) is 4.98 Å². The van der Waals surface area contributed by atoms with Crippen LogP contribution in [0.5, 0.6) is 0 Å². The Kier molecular flexibility index (Phi) is 6.78. The molecular weight excluding hydrogens is 364 g/mol. The van der Waals surface area contributed by atoms with Crippen LogP contribution < -0.4 is 15.1 Å². The maximum Gasteiger partial charge on any atom is 0.311 e. The normalized spacial score (nSPS) is 14.8. The fraction of sp³-hybridized carbons (Fsp3) is 0.421. The van der Waals surface area contributed by atoms with Crippen molar-refractivity contribution in [3.05, 3.63) is 41.4 Å². The number of para-hydroxylation sites is 1. The van der Waals surface area contributed by atoms with E-state index in [9.17, 15) is 9.59 Å². The van der Waals surface area contributed by atoms with Crippen molar-refractivity contribution in [2.24, 2.45) is 0 Å². The molecule has 2 aromatic rings. The van der Waals surface area contributed by atoms with Gasteiger partial charge in [-0.1, -0.05) is 18.2 Å². The summed E-state index contributed by atoms with van der Waals surface area (Å²) in [6, 6.07) is 10.4. The molecule has 1 aliphatic rings. The number of amides is 1. The lowest BCUT2D eigenvalue weighted by Crippen LogP contribution is -3.15. The Labute approximate surface area is 162 Å². The second-order valence-corrected chi connectivity index (χ2v) is 7.28. The maximum atomic E-state index is 12.3. The molecule has 7 nitrogen and oxygen atoms in total. The van der Waals surface area contributed by atoms with Gasteiger partial charge in [0, 0.05) is 11.1 Å². The molecule has 2 N–H and O–H groups in total. The number of quaternary nitrogens is 1. The average molecular weight is 390 g/mol. The molecule has 1 saturated heterocycles. The van der Waals surface area contributed by atoms with Crippen molar-refractivity contribution >= 4 is 34.0 Å². The number of hydrogen-bond acceptors (Lipinski definition) is 6. The molecule has 27 heavy (non-hydrogen) atoms. The van der Waals surface area contributed by atoms with Gasteiger partial charge in [0.05, 0.1) is 44.9 Å². The third kappa shape index (κ3) is 5.77. The second kappa shape index (κ2) is 9.48. The summed E-state index contributed by atoms with van der Waals surface area (Å²) in [5, 5.41) is 5.14. The molecule has 2 heterocycles. The van der Waals surface area contributed by atoms with Gasteiger partial charge in [-0.15, -0.1) is 11.3 Å². The minimum atomic E-state index is -0.304. The predicted molar refractivity (Wildman–Crippen MR) is 105 cm³/mol. The zero-order chi connectivity index (χ0) is 19.1. The number of ether oxygens (including phenoxy) is 1. The van der Waals surface area contributed by atoms with Crippen LogP contribution in [0.2, 0.25) is 0 Å². The SMILES string of the molecule is CCOC(=O)Cc1csc(NC(=O)C[NH+]2CCN(c3ccccc3)CC2)n1. The highest BCUT2D eigenvalue weighted by molar-refractivity contribution is 7.13. The standard InChI is InChI=1S/C19H24N4O3S/c1-2-26-18(25)12-15-14-27-19(20-15)21-17(24)13-22-8-10-23(11-9-22)16-6-4-3-5-7-16/h3-7,14H,2,8-13H2,1H3,(H,20,21,24)/p+1. The number of nitrogens with zero attached hydrogens (tertiary/aromatic N) is 2. The van der Waals surface area contributed by atoms with Crippen LogP contribution in [-0.4, -0.2) is 56.2 Å². The van der Waals surface area contributed by atoms with Crippen LogP contribution in [0, 0.1) is 0 Å². The highest BCUT2D eigenvalue weighted by Gasteiger charge is 2.22. The highest BCUT2D eigenvalue weighted by atomic mass is 32.1. The number of esters is 1. The third-order valence-corrected chi connectivity index (χ3v) is 5.24. The second-order valence-electron chi connectivity index (χ2n) is 6.42. The molecule has 0 saturated carbocycles. The van der Waals surface area contributed by atoms with Gasteiger partial charge >= 0.3 is 5.97 Å². The molecule has 0 radical (unpaired) electrons. The van der Waals surface area contributed by atoms with Crippen LogP contribution in [0.15, 0.2) is 35.7 Å². The summed E-state index contributed by atoms with van der Waals surface area (Å²) in [6.45, 7) is 6.28. The van der Waals surface area contributed by atoms with E-state index in [-0.39, 0.29) is 18.3 Å². The topological polar surface area (TPSA) is 76.0 Å². The Morgan fingerprint density at radius 2 is 2.00 bits per heavy atom. The molecule has 0 spiro atoms. The first-order chi connectivity index (χ1) is 13.1. The van der Waals surface area contributed by atoms with E-state index in [0.717, 1.165) is 26.2 Å². The largest absolute Gasteiger partial charge is 0.466 e. The molecule has 1 fully saturated rings. The number of anilines is 2. The lowest BCUT2D eigenvalue weighted by atomic mass is 10.2. The van der Waals surface area contributed by atoms with Crippen molar-refractivity contribution in [3.8, 4) is 0 Å². The summed E-state index contributed by atoms with van der Waals surface area (Å²) in [6.07, 6.45) is 0.132. The molecular formula is C19H25N4O3S+. The first-order valence-corrected chi connectivity index (χ1v) is 10.1. The Morgan fingerprint density at radius 3 is 2.70 bits per heavy atom. The van der Waals surface area contributed by atoms with Crippen molar-refractivity contribution in [1.29, 1.82) is 0 Å².